The van der Waals surface area contributed by atoms with E-state index >= 15 is 0 Å². The van der Waals surface area contributed by atoms with E-state index in [4.69, 9.17) is 9.47 Å². The highest BCUT2D eigenvalue weighted by Gasteiger charge is 2.30. The van der Waals surface area contributed by atoms with Crippen LogP contribution in [0.25, 0.3) is 0 Å². The summed E-state index contributed by atoms with van der Waals surface area (Å²) in [5.41, 5.74) is 2.53. The molecule has 0 atom stereocenters. The normalized spacial score (nSPS) is 15.6. The van der Waals surface area contributed by atoms with Crippen LogP contribution in [0, 0.1) is 12.8 Å². The number of benzene rings is 2. The second kappa shape index (κ2) is 7.92. The zero-order valence-electron chi connectivity index (χ0n) is 15.9. The van der Waals surface area contributed by atoms with Crippen LogP contribution in [0.1, 0.15) is 24.8 Å². The van der Waals surface area contributed by atoms with E-state index in [1.165, 1.54) is 0 Å². The van der Waals surface area contributed by atoms with Crippen LogP contribution in [0.15, 0.2) is 42.5 Å². The Kier molecular flexibility index (Phi) is 5.19. The topological polar surface area (TPSA) is 67.9 Å². The van der Waals surface area contributed by atoms with Crippen LogP contribution >= 0.6 is 0 Å². The molecule has 0 saturated heterocycles. The fraction of sp³-hybridized carbons (Fsp3) is 0.364. The number of hydrogen-bond acceptors (Lipinski definition) is 4. The number of nitrogens with one attached hydrogen (secondary N) is 1. The van der Waals surface area contributed by atoms with Crippen molar-refractivity contribution in [3.8, 4) is 11.5 Å². The lowest BCUT2D eigenvalue weighted by atomic mass is 10.2. The lowest BCUT2D eigenvalue weighted by molar-refractivity contribution is -0.121. The van der Waals surface area contributed by atoms with Gasteiger partial charge in [-0.1, -0.05) is 12.1 Å². The van der Waals surface area contributed by atoms with Crippen molar-refractivity contribution in [2.45, 2.75) is 26.2 Å². The summed E-state index contributed by atoms with van der Waals surface area (Å²) >= 11 is 0. The summed E-state index contributed by atoms with van der Waals surface area (Å²) < 4.78 is 11.3. The number of amides is 2. The van der Waals surface area contributed by atoms with Gasteiger partial charge in [-0.05, 0) is 62.1 Å². The molecule has 1 saturated carbocycles. The number of carbonyl (C=O) groups is 2. The van der Waals surface area contributed by atoms with Gasteiger partial charge < -0.3 is 19.7 Å². The van der Waals surface area contributed by atoms with Crippen LogP contribution in [-0.2, 0) is 9.59 Å². The first-order valence-electron chi connectivity index (χ1n) is 9.68. The van der Waals surface area contributed by atoms with E-state index in [-0.39, 0.29) is 24.3 Å². The van der Waals surface area contributed by atoms with Gasteiger partial charge in [0, 0.05) is 18.2 Å². The van der Waals surface area contributed by atoms with E-state index in [1.54, 1.807) is 11.0 Å². The molecule has 2 aliphatic rings. The zero-order valence-corrected chi connectivity index (χ0v) is 15.9. The summed E-state index contributed by atoms with van der Waals surface area (Å²) in [5, 5.41) is 2.93. The Labute approximate surface area is 164 Å². The third-order valence-electron chi connectivity index (χ3n) is 4.90. The van der Waals surface area contributed by atoms with Gasteiger partial charge in [0.1, 0.15) is 11.5 Å². The summed E-state index contributed by atoms with van der Waals surface area (Å²) in [6.07, 6.45) is 2.59. The van der Waals surface area contributed by atoms with Gasteiger partial charge in [0.2, 0.25) is 5.91 Å². The Morgan fingerprint density at radius 1 is 1.25 bits per heavy atom. The van der Waals surface area contributed by atoms with Gasteiger partial charge in [0.25, 0.3) is 5.91 Å². The molecule has 6 heteroatoms. The van der Waals surface area contributed by atoms with Crippen molar-refractivity contribution in [3.63, 3.8) is 0 Å². The van der Waals surface area contributed by atoms with E-state index < -0.39 is 0 Å². The van der Waals surface area contributed by atoms with Gasteiger partial charge in [-0.15, -0.1) is 0 Å². The van der Waals surface area contributed by atoms with Gasteiger partial charge in [0.15, 0.2) is 6.61 Å². The van der Waals surface area contributed by atoms with Crippen molar-refractivity contribution in [2.24, 2.45) is 5.92 Å². The van der Waals surface area contributed by atoms with E-state index in [1.807, 2.05) is 43.3 Å². The first-order valence-corrected chi connectivity index (χ1v) is 9.68. The number of nitrogens with zero attached hydrogens (tertiary/aromatic N) is 1. The number of anilines is 2. The zero-order chi connectivity index (χ0) is 19.5. The highest BCUT2D eigenvalue weighted by molar-refractivity contribution is 6.00. The van der Waals surface area contributed by atoms with Crippen molar-refractivity contribution in [2.75, 3.05) is 30.0 Å². The van der Waals surface area contributed by atoms with Gasteiger partial charge in [-0.3, -0.25) is 9.59 Å². The molecule has 28 heavy (non-hydrogen) atoms. The SMILES string of the molecule is Cc1cccc(OCCCN2C(=O)COc3ccc(NC(=O)C4CC4)cc32)c1. The van der Waals surface area contributed by atoms with Crippen molar-refractivity contribution >= 4 is 23.2 Å². The molecule has 0 unspecified atom stereocenters. The molecular weight excluding hydrogens is 356 g/mol. The Morgan fingerprint density at radius 3 is 2.89 bits per heavy atom. The maximum atomic E-state index is 12.4. The smallest absolute Gasteiger partial charge is 0.265 e. The largest absolute Gasteiger partial charge is 0.494 e. The van der Waals surface area contributed by atoms with Crippen LogP contribution in [0.3, 0.4) is 0 Å². The molecule has 2 aromatic carbocycles. The minimum Gasteiger partial charge on any atom is -0.494 e. The summed E-state index contributed by atoms with van der Waals surface area (Å²) in [4.78, 5) is 26.1. The number of hydrogen-bond donors (Lipinski definition) is 1. The van der Waals surface area contributed by atoms with Crippen LogP contribution in [0.2, 0.25) is 0 Å². The average Bonchev–Trinajstić information content (AvgIpc) is 3.52. The summed E-state index contributed by atoms with van der Waals surface area (Å²) in [7, 11) is 0. The van der Waals surface area contributed by atoms with Crippen LogP contribution in [0.4, 0.5) is 11.4 Å². The van der Waals surface area contributed by atoms with Crippen LogP contribution < -0.4 is 19.7 Å². The molecule has 0 aromatic heterocycles. The maximum absolute atomic E-state index is 12.4. The third-order valence-corrected chi connectivity index (χ3v) is 4.90. The number of ether oxygens (including phenoxy) is 2. The Balaban J connectivity index is 1.39. The number of aryl methyl sites for hydroxylation is 1. The van der Waals surface area contributed by atoms with Gasteiger partial charge in [-0.2, -0.15) is 0 Å². The maximum Gasteiger partial charge on any atom is 0.265 e. The minimum absolute atomic E-state index is 0.0273. The molecule has 1 aliphatic heterocycles. The van der Waals surface area contributed by atoms with E-state index in [0.29, 0.717) is 36.7 Å². The molecule has 4 rings (SSSR count). The number of rotatable bonds is 7. The van der Waals surface area contributed by atoms with Crippen LogP contribution in [0.5, 0.6) is 11.5 Å². The first-order chi connectivity index (χ1) is 13.6. The Bertz CT molecular complexity index is 892. The van der Waals surface area contributed by atoms with E-state index in [0.717, 1.165) is 24.2 Å². The fourth-order valence-electron chi connectivity index (χ4n) is 3.23. The monoisotopic (exact) mass is 380 g/mol. The van der Waals surface area contributed by atoms with Crippen molar-refractivity contribution in [3.05, 3.63) is 48.0 Å². The van der Waals surface area contributed by atoms with Crippen molar-refractivity contribution < 1.29 is 19.1 Å². The van der Waals surface area contributed by atoms with Crippen LogP contribution in [-0.4, -0.2) is 31.6 Å². The van der Waals surface area contributed by atoms with Crippen molar-refractivity contribution in [1.82, 2.24) is 0 Å². The molecule has 1 fully saturated rings. The second-order valence-corrected chi connectivity index (χ2v) is 7.30. The molecule has 6 nitrogen and oxygen atoms in total. The summed E-state index contributed by atoms with van der Waals surface area (Å²) in [6.45, 7) is 3.10. The first kappa shape index (κ1) is 18.3. The molecule has 0 spiro atoms. The predicted octanol–water partition coefficient (Wildman–Crippen LogP) is 3.54. The van der Waals surface area contributed by atoms with Gasteiger partial charge in [-0.25, -0.2) is 0 Å². The standard InChI is InChI=1S/C22H24N2O4/c1-15-4-2-5-18(12-15)27-11-3-10-24-19-13-17(23-22(26)16-6-7-16)8-9-20(19)28-14-21(24)25/h2,4-5,8-9,12-13,16H,3,6-7,10-11,14H2,1H3,(H,23,26). The van der Waals surface area contributed by atoms with E-state index in [9.17, 15) is 9.59 Å². The summed E-state index contributed by atoms with van der Waals surface area (Å²) in [6, 6.07) is 13.3. The molecule has 146 valence electrons. The van der Waals surface area contributed by atoms with Crippen molar-refractivity contribution in [1.29, 1.82) is 0 Å². The van der Waals surface area contributed by atoms with E-state index in [2.05, 4.69) is 5.32 Å². The van der Waals surface area contributed by atoms with Gasteiger partial charge in [0.05, 0.1) is 12.3 Å². The molecular formula is C22H24N2O4. The highest BCUT2D eigenvalue weighted by Crippen LogP contribution is 2.36. The molecule has 2 aromatic rings. The molecule has 0 bridgehead atoms. The molecule has 2 amide bonds. The molecule has 1 aliphatic carbocycles. The third kappa shape index (κ3) is 4.27. The Hall–Kier alpha value is -3.02. The number of carbonyl (C=O) groups excluding carboxylic acids is 2. The van der Waals surface area contributed by atoms with Gasteiger partial charge >= 0.3 is 0 Å². The predicted molar refractivity (Wildman–Crippen MR) is 107 cm³/mol. The molecule has 0 radical (unpaired) electrons. The molecule has 1 N–H and O–H groups in total. The lowest BCUT2D eigenvalue weighted by Gasteiger charge is -2.30. The highest BCUT2D eigenvalue weighted by atomic mass is 16.5. The quantitative estimate of drug-likeness (QED) is 0.746. The number of fused-ring (bicyclic) bond motifs is 1. The Morgan fingerprint density at radius 2 is 2.11 bits per heavy atom. The lowest BCUT2D eigenvalue weighted by Crippen LogP contribution is -2.39. The summed E-state index contributed by atoms with van der Waals surface area (Å²) in [5.74, 6) is 1.57. The second-order valence-electron chi connectivity index (χ2n) is 7.30. The molecule has 1 heterocycles. The average molecular weight is 380 g/mol. The minimum atomic E-state index is -0.0891. The fourth-order valence-corrected chi connectivity index (χ4v) is 3.23.